The van der Waals surface area contributed by atoms with Gasteiger partial charge in [-0.15, -0.1) is 0 Å². The predicted molar refractivity (Wildman–Crippen MR) is 60.3 cm³/mol. The van der Waals surface area contributed by atoms with Crippen molar-refractivity contribution in [3.63, 3.8) is 0 Å². The van der Waals surface area contributed by atoms with Gasteiger partial charge in [-0.05, 0) is 6.07 Å². The van der Waals surface area contributed by atoms with E-state index >= 15 is 0 Å². The monoisotopic (exact) mass is 241 g/mol. The van der Waals surface area contributed by atoms with Gasteiger partial charge < -0.3 is 4.74 Å². The van der Waals surface area contributed by atoms with Gasteiger partial charge in [0, 0.05) is 18.9 Å². The van der Waals surface area contributed by atoms with Crippen molar-refractivity contribution in [1.29, 1.82) is 0 Å². The van der Waals surface area contributed by atoms with E-state index in [4.69, 9.17) is 4.74 Å². The summed E-state index contributed by atoms with van der Waals surface area (Å²) >= 11 is 1.29. The second-order valence-electron chi connectivity index (χ2n) is 3.47. The van der Waals surface area contributed by atoms with Crippen LogP contribution in [-0.2, 0) is 9.53 Å². The number of carbonyl (C=O) groups is 1. The van der Waals surface area contributed by atoms with Gasteiger partial charge >= 0.3 is 0 Å². The Morgan fingerprint density at radius 2 is 2.12 bits per heavy atom. The van der Waals surface area contributed by atoms with Crippen molar-refractivity contribution < 1.29 is 13.9 Å². The molecule has 1 fully saturated rings. The number of hydrogen-bond acceptors (Lipinski definition) is 3. The number of amides is 1. The normalized spacial score (nSPS) is 24.4. The molecule has 0 saturated carbocycles. The molecule has 0 aliphatic carbocycles. The number of methoxy groups -OCH3 is 1. The van der Waals surface area contributed by atoms with Crippen LogP contribution in [0.4, 0.5) is 4.39 Å². The van der Waals surface area contributed by atoms with Crippen LogP contribution in [0, 0.1) is 5.82 Å². The van der Waals surface area contributed by atoms with Crippen molar-refractivity contribution in [2.45, 2.75) is 12.1 Å². The number of benzene rings is 1. The topological polar surface area (TPSA) is 29.5 Å². The summed E-state index contributed by atoms with van der Waals surface area (Å²) in [6.07, 6.45) is 1.22. The first kappa shape index (κ1) is 11.4. The fourth-order valence-corrected chi connectivity index (χ4v) is 2.61. The highest BCUT2D eigenvalue weighted by atomic mass is 32.2. The molecule has 2 atom stereocenters. The molecule has 16 heavy (non-hydrogen) atoms. The van der Waals surface area contributed by atoms with Crippen LogP contribution in [0.5, 0.6) is 0 Å². The maximum Gasteiger partial charge on any atom is 0.264 e. The molecule has 1 saturated heterocycles. The molecule has 0 bridgehead atoms. The van der Waals surface area contributed by atoms with E-state index in [-0.39, 0.29) is 17.8 Å². The Hall–Kier alpha value is -1.07. The Balaban J connectivity index is 2.32. The Morgan fingerprint density at radius 1 is 1.44 bits per heavy atom. The maximum absolute atomic E-state index is 13.6. The van der Waals surface area contributed by atoms with Crippen molar-refractivity contribution in [3.8, 4) is 0 Å². The summed E-state index contributed by atoms with van der Waals surface area (Å²) in [5, 5.41) is 0. The van der Waals surface area contributed by atoms with E-state index in [0.717, 1.165) is 0 Å². The Morgan fingerprint density at radius 3 is 2.69 bits per heavy atom. The Labute approximate surface area is 97.7 Å². The van der Waals surface area contributed by atoms with Gasteiger partial charge in [-0.3, -0.25) is 9.10 Å². The smallest absolute Gasteiger partial charge is 0.264 e. The van der Waals surface area contributed by atoms with E-state index < -0.39 is 6.10 Å². The first-order valence-electron chi connectivity index (χ1n) is 4.85. The van der Waals surface area contributed by atoms with E-state index in [1.807, 2.05) is 0 Å². The average Bonchev–Trinajstić information content (AvgIpc) is 2.28. The third kappa shape index (κ3) is 1.60. The van der Waals surface area contributed by atoms with Crippen molar-refractivity contribution in [2.24, 2.45) is 0 Å². The Kier molecular flexibility index (Phi) is 3.16. The van der Waals surface area contributed by atoms with Crippen LogP contribution in [-0.4, -0.2) is 29.7 Å². The number of hydrogen-bond donors (Lipinski definition) is 0. The number of ether oxygens (including phenoxy) is 1. The lowest BCUT2D eigenvalue weighted by atomic mass is 9.93. The predicted octanol–water partition coefficient (Wildman–Crippen LogP) is 2.00. The lowest BCUT2D eigenvalue weighted by Gasteiger charge is -2.44. The van der Waals surface area contributed by atoms with Crippen molar-refractivity contribution >= 4 is 17.9 Å². The molecule has 0 aromatic heterocycles. The fraction of sp³-hybridized carbons (Fsp3) is 0.364. The van der Waals surface area contributed by atoms with Crippen LogP contribution in [0.15, 0.2) is 24.3 Å². The molecular formula is C11H12FNO2S. The first-order valence-corrected chi connectivity index (χ1v) is 6.03. The summed E-state index contributed by atoms with van der Waals surface area (Å²) in [6, 6.07) is 6.14. The summed E-state index contributed by atoms with van der Waals surface area (Å²) < 4.78 is 20.2. The van der Waals surface area contributed by atoms with Crippen LogP contribution < -0.4 is 0 Å². The van der Waals surface area contributed by atoms with Gasteiger partial charge in [0.15, 0.2) is 6.10 Å². The summed E-state index contributed by atoms with van der Waals surface area (Å²) in [5.41, 5.74) is 0.503. The van der Waals surface area contributed by atoms with E-state index in [1.54, 1.807) is 24.5 Å². The lowest BCUT2D eigenvalue weighted by Crippen LogP contribution is -2.56. The molecule has 1 heterocycles. The third-order valence-electron chi connectivity index (χ3n) is 2.67. The van der Waals surface area contributed by atoms with Gasteiger partial charge in [0.2, 0.25) is 0 Å². The quantitative estimate of drug-likeness (QED) is 0.599. The molecule has 3 nitrogen and oxygen atoms in total. The standard InChI is InChI=1S/C11H12FNO2S/c1-15-10-9(13(16-2)11(10)14)7-5-3-4-6-8(7)12/h3-6,9-10H,1-2H3. The van der Waals surface area contributed by atoms with Gasteiger partial charge in [-0.1, -0.05) is 30.1 Å². The molecule has 1 aromatic rings. The fourth-order valence-electron chi connectivity index (χ4n) is 1.88. The zero-order valence-electron chi connectivity index (χ0n) is 9.01. The van der Waals surface area contributed by atoms with Gasteiger partial charge in [-0.25, -0.2) is 4.39 Å². The van der Waals surface area contributed by atoms with E-state index in [0.29, 0.717) is 5.56 Å². The van der Waals surface area contributed by atoms with Crippen LogP contribution >= 0.6 is 11.9 Å². The zero-order valence-corrected chi connectivity index (χ0v) is 9.83. The molecule has 2 rings (SSSR count). The van der Waals surface area contributed by atoms with Crippen molar-refractivity contribution in [2.75, 3.05) is 13.4 Å². The number of β-lactam (4-membered cyclic amide) rings is 1. The summed E-state index contributed by atoms with van der Waals surface area (Å²) in [4.78, 5) is 11.6. The van der Waals surface area contributed by atoms with Crippen LogP contribution in [0.1, 0.15) is 11.6 Å². The molecule has 0 N–H and O–H groups in total. The van der Waals surface area contributed by atoms with Gasteiger partial charge in [0.1, 0.15) is 11.9 Å². The first-order chi connectivity index (χ1) is 7.70. The molecule has 1 aromatic carbocycles. The van der Waals surface area contributed by atoms with Gasteiger partial charge in [-0.2, -0.15) is 0 Å². The van der Waals surface area contributed by atoms with Crippen LogP contribution in [0.3, 0.4) is 0 Å². The average molecular weight is 241 g/mol. The maximum atomic E-state index is 13.6. The minimum Gasteiger partial charge on any atom is -0.369 e. The third-order valence-corrected chi connectivity index (χ3v) is 3.47. The highest BCUT2D eigenvalue weighted by Crippen LogP contribution is 2.41. The minimum atomic E-state index is -0.565. The molecular weight excluding hydrogens is 229 g/mol. The van der Waals surface area contributed by atoms with E-state index in [2.05, 4.69) is 0 Å². The summed E-state index contributed by atoms with van der Waals surface area (Å²) in [5.74, 6) is -0.413. The molecule has 0 radical (unpaired) electrons. The largest absolute Gasteiger partial charge is 0.369 e. The van der Waals surface area contributed by atoms with Crippen LogP contribution in [0.25, 0.3) is 0 Å². The molecule has 2 unspecified atom stereocenters. The number of nitrogens with zero attached hydrogens (tertiary/aromatic N) is 1. The molecule has 1 amide bonds. The van der Waals surface area contributed by atoms with Gasteiger partial charge in [0.25, 0.3) is 5.91 Å². The minimum absolute atomic E-state index is 0.108. The second-order valence-corrected chi connectivity index (χ2v) is 4.23. The Bertz CT molecular complexity index is 399. The second kappa shape index (κ2) is 4.43. The number of halogens is 1. The number of rotatable bonds is 3. The molecule has 5 heteroatoms. The van der Waals surface area contributed by atoms with E-state index in [1.165, 1.54) is 29.4 Å². The highest BCUT2D eigenvalue weighted by Gasteiger charge is 2.49. The molecule has 86 valence electrons. The molecule has 1 aliphatic heterocycles. The summed E-state index contributed by atoms with van der Waals surface area (Å²) in [6.45, 7) is 0. The van der Waals surface area contributed by atoms with E-state index in [9.17, 15) is 9.18 Å². The van der Waals surface area contributed by atoms with Crippen molar-refractivity contribution in [1.82, 2.24) is 4.31 Å². The number of carbonyl (C=O) groups excluding carboxylic acids is 1. The zero-order chi connectivity index (χ0) is 11.7. The molecule has 1 aliphatic rings. The summed E-state index contributed by atoms with van der Waals surface area (Å²) in [7, 11) is 1.47. The molecule has 0 spiro atoms. The van der Waals surface area contributed by atoms with Gasteiger partial charge in [0.05, 0.1) is 0 Å². The van der Waals surface area contributed by atoms with Crippen molar-refractivity contribution in [3.05, 3.63) is 35.6 Å². The lowest BCUT2D eigenvalue weighted by molar-refractivity contribution is -0.158. The van der Waals surface area contributed by atoms with Crippen LogP contribution in [0.2, 0.25) is 0 Å². The SMILES string of the molecule is COC1C(=O)N(SC)C1c1ccccc1F. The highest BCUT2D eigenvalue weighted by molar-refractivity contribution is 7.96.